The Morgan fingerprint density at radius 2 is 2.12 bits per heavy atom. The normalized spacial score (nSPS) is 22.9. The van der Waals surface area contributed by atoms with E-state index in [9.17, 15) is 0 Å². The lowest BCUT2D eigenvalue weighted by Crippen LogP contribution is -2.30. The molecular weight excluding hydrogens is 245 g/mol. The summed E-state index contributed by atoms with van der Waals surface area (Å²) in [5.41, 5.74) is 1.47. The summed E-state index contributed by atoms with van der Waals surface area (Å²) in [5, 5.41) is 0.707. The Morgan fingerprint density at radius 3 is 2.81 bits per heavy atom. The SMILES string of the molecule is Clc1ncc(CN2CCCC23CC3)c(Cl)n1. The van der Waals surface area contributed by atoms with E-state index in [-0.39, 0.29) is 5.28 Å². The average Bonchev–Trinajstić information content (AvgIpc) is 2.89. The van der Waals surface area contributed by atoms with Crippen molar-refractivity contribution >= 4 is 23.2 Å². The van der Waals surface area contributed by atoms with Crippen LogP contribution in [-0.4, -0.2) is 27.0 Å². The molecule has 0 unspecified atom stereocenters. The van der Waals surface area contributed by atoms with Crippen LogP contribution in [-0.2, 0) is 6.54 Å². The number of halogens is 2. The second kappa shape index (κ2) is 3.83. The highest BCUT2D eigenvalue weighted by atomic mass is 35.5. The molecule has 86 valence electrons. The molecule has 2 heterocycles. The lowest BCUT2D eigenvalue weighted by atomic mass is 10.2. The van der Waals surface area contributed by atoms with Crippen molar-refractivity contribution in [2.75, 3.05) is 6.54 Å². The van der Waals surface area contributed by atoms with Crippen molar-refractivity contribution in [3.05, 3.63) is 22.2 Å². The molecule has 1 aromatic rings. The largest absolute Gasteiger partial charge is 0.293 e. The van der Waals surface area contributed by atoms with Gasteiger partial charge in [-0.25, -0.2) is 9.97 Å². The van der Waals surface area contributed by atoms with Crippen LogP contribution in [0, 0.1) is 0 Å². The number of likely N-dealkylation sites (tertiary alicyclic amines) is 1. The van der Waals surface area contributed by atoms with Gasteiger partial charge < -0.3 is 0 Å². The summed E-state index contributed by atoms with van der Waals surface area (Å²) in [6, 6.07) is 0. The predicted octanol–water partition coefficient (Wildman–Crippen LogP) is 2.91. The van der Waals surface area contributed by atoms with Crippen LogP contribution in [0.2, 0.25) is 10.4 Å². The molecular formula is C11H13Cl2N3. The predicted molar refractivity (Wildman–Crippen MR) is 63.7 cm³/mol. The third-order valence-corrected chi connectivity index (χ3v) is 4.22. The zero-order chi connectivity index (χ0) is 11.2. The maximum Gasteiger partial charge on any atom is 0.223 e. The van der Waals surface area contributed by atoms with Crippen LogP contribution >= 0.6 is 23.2 Å². The molecule has 1 aromatic heterocycles. The fourth-order valence-corrected chi connectivity index (χ4v) is 2.99. The van der Waals surface area contributed by atoms with Crippen LogP contribution in [0.1, 0.15) is 31.2 Å². The minimum Gasteiger partial charge on any atom is -0.293 e. The first-order valence-corrected chi connectivity index (χ1v) is 6.37. The van der Waals surface area contributed by atoms with Crippen molar-refractivity contribution in [3.8, 4) is 0 Å². The van der Waals surface area contributed by atoms with E-state index >= 15 is 0 Å². The number of hydrogen-bond acceptors (Lipinski definition) is 3. The van der Waals surface area contributed by atoms with E-state index in [4.69, 9.17) is 23.2 Å². The molecule has 0 amide bonds. The molecule has 0 N–H and O–H groups in total. The standard InChI is InChI=1S/C11H13Cl2N3/c12-9-8(6-14-10(13)15-9)7-16-5-1-2-11(16)3-4-11/h6H,1-5,7H2. The molecule has 1 saturated heterocycles. The van der Waals surface area contributed by atoms with E-state index in [1.165, 1.54) is 32.2 Å². The number of rotatable bonds is 2. The van der Waals surface area contributed by atoms with Gasteiger partial charge in [0.25, 0.3) is 0 Å². The molecule has 3 rings (SSSR count). The van der Waals surface area contributed by atoms with Gasteiger partial charge in [0.05, 0.1) is 0 Å². The second-order valence-corrected chi connectivity index (χ2v) is 5.40. The van der Waals surface area contributed by atoms with Gasteiger partial charge in [-0.05, 0) is 43.8 Å². The molecule has 3 nitrogen and oxygen atoms in total. The zero-order valence-corrected chi connectivity index (χ0v) is 10.4. The molecule has 1 aliphatic heterocycles. The van der Waals surface area contributed by atoms with Gasteiger partial charge in [-0.15, -0.1) is 0 Å². The molecule has 0 atom stereocenters. The van der Waals surface area contributed by atoms with Gasteiger partial charge in [0.2, 0.25) is 5.28 Å². The summed E-state index contributed by atoms with van der Waals surface area (Å²) >= 11 is 11.7. The quantitative estimate of drug-likeness (QED) is 0.603. The Bertz CT molecular complexity index is 418. The second-order valence-electron chi connectivity index (χ2n) is 4.70. The average molecular weight is 258 g/mol. The summed E-state index contributed by atoms with van der Waals surface area (Å²) < 4.78 is 0. The van der Waals surface area contributed by atoms with E-state index in [1.807, 2.05) is 0 Å². The van der Waals surface area contributed by atoms with Gasteiger partial charge in [-0.1, -0.05) is 11.6 Å². The van der Waals surface area contributed by atoms with Crippen LogP contribution in [0.5, 0.6) is 0 Å². The molecule has 2 aliphatic rings. The Balaban J connectivity index is 1.79. The first-order chi connectivity index (χ1) is 7.70. The van der Waals surface area contributed by atoms with E-state index in [2.05, 4.69) is 14.9 Å². The monoisotopic (exact) mass is 257 g/mol. The van der Waals surface area contributed by atoms with Crippen molar-refractivity contribution in [2.45, 2.75) is 37.8 Å². The van der Waals surface area contributed by atoms with E-state index < -0.39 is 0 Å². The Kier molecular flexibility index (Phi) is 2.57. The Labute approximate surface area is 105 Å². The maximum atomic E-state index is 6.06. The third kappa shape index (κ3) is 1.81. The minimum absolute atomic E-state index is 0.219. The number of aromatic nitrogens is 2. The van der Waals surface area contributed by atoms with Gasteiger partial charge >= 0.3 is 0 Å². The summed E-state index contributed by atoms with van der Waals surface area (Å²) in [6.45, 7) is 2.02. The number of hydrogen-bond donors (Lipinski definition) is 0. The van der Waals surface area contributed by atoms with Crippen LogP contribution in [0.15, 0.2) is 6.20 Å². The summed E-state index contributed by atoms with van der Waals surface area (Å²) in [5.74, 6) is 0. The van der Waals surface area contributed by atoms with Crippen molar-refractivity contribution in [2.24, 2.45) is 0 Å². The topological polar surface area (TPSA) is 29.0 Å². The van der Waals surface area contributed by atoms with E-state index in [1.54, 1.807) is 6.20 Å². The Morgan fingerprint density at radius 1 is 1.31 bits per heavy atom. The van der Waals surface area contributed by atoms with Crippen LogP contribution < -0.4 is 0 Å². The summed E-state index contributed by atoms with van der Waals surface area (Å²) in [7, 11) is 0. The van der Waals surface area contributed by atoms with Crippen LogP contribution in [0.4, 0.5) is 0 Å². The van der Waals surface area contributed by atoms with Gasteiger partial charge in [0, 0.05) is 23.8 Å². The van der Waals surface area contributed by atoms with Crippen molar-refractivity contribution in [1.82, 2.24) is 14.9 Å². The highest BCUT2D eigenvalue weighted by Crippen LogP contribution is 2.50. The van der Waals surface area contributed by atoms with Gasteiger partial charge in [0.15, 0.2) is 0 Å². The molecule has 0 radical (unpaired) electrons. The molecule has 2 fully saturated rings. The fourth-order valence-electron chi connectivity index (χ4n) is 2.63. The molecule has 5 heteroatoms. The van der Waals surface area contributed by atoms with Crippen molar-refractivity contribution < 1.29 is 0 Å². The van der Waals surface area contributed by atoms with Crippen molar-refractivity contribution in [3.63, 3.8) is 0 Å². The lowest BCUT2D eigenvalue weighted by Gasteiger charge is -2.23. The van der Waals surface area contributed by atoms with Crippen molar-refractivity contribution in [1.29, 1.82) is 0 Å². The number of nitrogens with zero attached hydrogens (tertiary/aromatic N) is 3. The fraction of sp³-hybridized carbons (Fsp3) is 0.636. The summed E-state index contributed by atoms with van der Waals surface area (Å²) in [6.07, 6.45) is 7.04. The van der Waals surface area contributed by atoms with E-state index in [0.29, 0.717) is 10.7 Å². The Hall–Kier alpha value is -0.380. The summed E-state index contributed by atoms with van der Waals surface area (Å²) in [4.78, 5) is 10.5. The molecule has 0 bridgehead atoms. The first-order valence-electron chi connectivity index (χ1n) is 5.62. The molecule has 16 heavy (non-hydrogen) atoms. The van der Waals surface area contributed by atoms with Gasteiger partial charge in [0.1, 0.15) is 5.15 Å². The minimum atomic E-state index is 0.219. The highest BCUT2D eigenvalue weighted by Gasteiger charge is 2.50. The molecule has 0 aromatic carbocycles. The maximum absolute atomic E-state index is 6.06. The van der Waals surface area contributed by atoms with Gasteiger partial charge in [-0.2, -0.15) is 0 Å². The van der Waals surface area contributed by atoms with Crippen LogP contribution in [0.3, 0.4) is 0 Å². The molecule has 1 aliphatic carbocycles. The zero-order valence-electron chi connectivity index (χ0n) is 8.92. The molecule has 1 spiro atoms. The third-order valence-electron chi connectivity index (χ3n) is 3.71. The smallest absolute Gasteiger partial charge is 0.223 e. The van der Waals surface area contributed by atoms with Gasteiger partial charge in [-0.3, -0.25) is 4.90 Å². The lowest BCUT2D eigenvalue weighted by molar-refractivity contribution is 0.226. The molecule has 1 saturated carbocycles. The van der Waals surface area contributed by atoms with E-state index in [0.717, 1.165) is 12.1 Å². The first kappa shape index (κ1) is 10.8. The highest BCUT2D eigenvalue weighted by molar-refractivity contribution is 6.32. The van der Waals surface area contributed by atoms with Crippen LogP contribution in [0.25, 0.3) is 0 Å².